The van der Waals surface area contributed by atoms with E-state index in [-0.39, 0.29) is 45.0 Å². The van der Waals surface area contributed by atoms with Crippen molar-refractivity contribution >= 4 is 35.8 Å². The van der Waals surface area contributed by atoms with E-state index in [1.165, 1.54) is 4.68 Å². The third kappa shape index (κ3) is 13.9. The van der Waals surface area contributed by atoms with Gasteiger partial charge in [-0.05, 0) is 37.8 Å². The van der Waals surface area contributed by atoms with Crippen LogP contribution < -0.4 is 21.3 Å². The molecule has 15 nitrogen and oxygen atoms in total. The van der Waals surface area contributed by atoms with Crippen molar-refractivity contribution in [2.24, 2.45) is 0 Å². The summed E-state index contributed by atoms with van der Waals surface area (Å²) >= 11 is 0. The summed E-state index contributed by atoms with van der Waals surface area (Å²) in [4.78, 5) is 62.0. The minimum absolute atomic E-state index is 0.0981. The van der Waals surface area contributed by atoms with Crippen LogP contribution in [0.15, 0.2) is 30.5 Å². The molecule has 0 fully saturated rings. The topological polar surface area (TPSA) is 222 Å². The highest BCUT2D eigenvalue weighted by Gasteiger charge is 2.19. The average molecular weight is 551 g/mol. The second-order valence-corrected chi connectivity index (χ2v) is 7.89. The Kier molecular flexibility index (Phi) is 15.2. The fourth-order valence-electron chi connectivity index (χ4n) is 3.14. The summed E-state index contributed by atoms with van der Waals surface area (Å²) in [6, 6.07) is 4.70. The highest BCUT2D eigenvalue weighted by atomic mass is 18.2. The molecule has 1 aromatic carbocycles. The molecule has 0 aliphatic carbocycles. The molecule has 6 N–H and O–H groups in total. The van der Waals surface area contributed by atoms with Crippen LogP contribution in [0.1, 0.15) is 32.1 Å². The molecule has 0 bridgehead atoms. The van der Waals surface area contributed by atoms with Crippen LogP contribution in [0.4, 0.5) is 19.7 Å². The number of benzene rings is 1. The van der Waals surface area contributed by atoms with E-state index in [0.717, 1.165) is 0 Å². The fraction of sp³-hybridized carbons (Fsp3) is 0.435. The number of aromatic nitrogens is 3. The maximum absolute atomic E-state index is 12.4. The van der Waals surface area contributed by atoms with Gasteiger partial charge in [-0.15, -0.1) is 5.10 Å². The van der Waals surface area contributed by atoms with Crippen LogP contribution >= 0.6 is 0 Å². The predicted octanol–water partition coefficient (Wildman–Crippen LogP) is 1.24. The average Bonchev–Trinajstić information content (AvgIpc) is 3.35. The van der Waals surface area contributed by atoms with E-state index in [9.17, 15) is 28.7 Å². The minimum Gasteiger partial charge on any atom is -0.481 e. The summed E-state index contributed by atoms with van der Waals surface area (Å²) in [6.45, 7) is -0.0372. The smallest absolute Gasteiger partial charge is 0.373 e. The molecular formula is C23H30FN7O8. The quantitative estimate of drug-likeness (QED) is 0.174. The molecular weight excluding hydrogens is 520 g/mol. The van der Waals surface area contributed by atoms with Gasteiger partial charge in [0.15, 0.2) is 0 Å². The van der Waals surface area contributed by atoms with E-state index in [1.807, 2.05) is 0 Å². The third-order valence-corrected chi connectivity index (χ3v) is 4.93. The van der Waals surface area contributed by atoms with Gasteiger partial charge in [0.25, 0.3) is 0 Å². The van der Waals surface area contributed by atoms with E-state index in [1.54, 1.807) is 30.5 Å². The number of amides is 4. The number of hydrogen-bond donors (Lipinski definition) is 6. The number of aryl methyl sites for hydroxylation is 1. The Morgan fingerprint density at radius 3 is 2.38 bits per heavy atom. The molecule has 0 saturated heterocycles. The van der Waals surface area contributed by atoms with Crippen LogP contribution in [0.25, 0.3) is 11.3 Å². The largest absolute Gasteiger partial charge is 0.481 e. The number of hydrogen-bond acceptors (Lipinski definition) is 8. The zero-order valence-corrected chi connectivity index (χ0v) is 20.9. The lowest BCUT2D eigenvalue weighted by atomic mass is 10.1. The minimum atomic E-state index is -1.19. The molecule has 0 saturated carbocycles. The van der Waals surface area contributed by atoms with Crippen LogP contribution in [-0.4, -0.2) is 81.2 Å². The molecule has 16 heteroatoms. The number of carbonyl (C=O) groups is 4. The Labute approximate surface area is 222 Å². The van der Waals surface area contributed by atoms with Crippen molar-refractivity contribution in [3.05, 3.63) is 30.5 Å². The summed E-state index contributed by atoms with van der Waals surface area (Å²) in [5.41, 5.74) is 1.77. The first kappa shape index (κ1) is 32.2. The van der Waals surface area contributed by atoms with Gasteiger partial charge in [0.05, 0.1) is 12.7 Å². The van der Waals surface area contributed by atoms with Gasteiger partial charge >= 0.3 is 30.2 Å². The summed E-state index contributed by atoms with van der Waals surface area (Å²) in [5, 5.41) is 35.8. The molecule has 39 heavy (non-hydrogen) atoms. The number of rotatable bonds is 15. The first-order chi connectivity index (χ1) is 18.7. The van der Waals surface area contributed by atoms with Crippen LogP contribution in [0.5, 0.6) is 0 Å². The van der Waals surface area contributed by atoms with Gasteiger partial charge in [0.1, 0.15) is 18.4 Å². The Bertz CT molecular complexity index is 1120. The third-order valence-electron chi connectivity index (χ3n) is 4.93. The molecule has 2 rings (SSSR count). The lowest BCUT2D eigenvalue weighted by Crippen LogP contribution is -2.46. The summed E-state index contributed by atoms with van der Waals surface area (Å²) in [7, 11) is 0. The van der Waals surface area contributed by atoms with E-state index in [0.29, 0.717) is 29.8 Å². The maximum atomic E-state index is 12.4. The number of alkyl halides is 1. The summed E-state index contributed by atoms with van der Waals surface area (Å²) in [6.07, 6.45) is 3.07. The normalized spacial score (nSPS) is 10.7. The van der Waals surface area contributed by atoms with Gasteiger partial charge in [0.2, 0.25) is 0 Å². The number of carboxylic acids is 2. The Hall–Kier alpha value is -4.85. The first-order valence-electron chi connectivity index (χ1n) is 11.8. The molecule has 0 aliphatic heterocycles. The number of halogens is 1. The molecule has 1 heterocycles. The van der Waals surface area contributed by atoms with Crippen LogP contribution in [0.3, 0.4) is 0 Å². The molecule has 0 aliphatic rings. The standard InChI is InChI=1S/C22H30FN7O6.CO2/c23-9-12-30-14-18(28-29-30)15-5-3-6-16(13-15)26-21(35)24-10-2-1-7-17(20(33)34)27-22(36)25-11-4-8-19(31)32;2-1-3/h3,5-6,13-14,17H,1-2,4,7-12H2,(H,31,32)(H,33,34)(H2,24,26,35)(H2,25,27,36);/i23-1;. The van der Waals surface area contributed by atoms with Gasteiger partial charge in [-0.3, -0.25) is 4.79 Å². The number of urea groups is 2. The number of anilines is 1. The second kappa shape index (κ2) is 18.4. The van der Waals surface area contributed by atoms with Crippen LogP contribution in [-0.2, 0) is 25.7 Å². The monoisotopic (exact) mass is 550 g/mol. The van der Waals surface area contributed by atoms with Crippen molar-refractivity contribution < 1.29 is 43.4 Å². The van der Waals surface area contributed by atoms with Crippen molar-refractivity contribution in [2.45, 2.75) is 44.7 Å². The highest BCUT2D eigenvalue weighted by molar-refractivity contribution is 5.90. The first-order valence-corrected chi connectivity index (χ1v) is 11.8. The van der Waals surface area contributed by atoms with Crippen molar-refractivity contribution in [3.8, 4) is 11.3 Å². The molecule has 1 atom stereocenters. The number of nitrogens with zero attached hydrogens (tertiary/aromatic N) is 3. The number of carbonyl (C=O) groups excluding carboxylic acids is 4. The number of unbranched alkanes of at least 4 members (excludes halogenated alkanes) is 1. The maximum Gasteiger partial charge on any atom is 0.373 e. The van der Waals surface area contributed by atoms with Crippen LogP contribution in [0, 0.1) is 0 Å². The lowest BCUT2D eigenvalue weighted by molar-refractivity contribution is -0.191. The molecule has 1 unspecified atom stereocenters. The van der Waals surface area contributed by atoms with E-state index < -0.39 is 36.7 Å². The van der Waals surface area contributed by atoms with E-state index >= 15 is 0 Å². The van der Waals surface area contributed by atoms with Crippen molar-refractivity contribution in [1.29, 1.82) is 0 Å². The summed E-state index contributed by atoms with van der Waals surface area (Å²) < 4.78 is 13.8. The zero-order chi connectivity index (χ0) is 29.0. The van der Waals surface area contributed by atoms with E-state index in [4.69, 9.17) is 14.7 Å². The van der Waals surface area contributed by atoms with Gasteiger partial charge in [-0.1, -0.05) is 17.3 Å². The Morgan fingerprint density at radius 2 is 1.72 bits per heavy atom. The van der Waals surface area contributed by atoms with Crippen molar-refractivity contribution in [1.82, 2.24) is 30.9 Å². The van der Waals surface area contributed by atoms with Gasteiger partial charge < -0.3 is 31.5 Å². The fourth-order valence-corrected chi connectivity index (χ4v) is 3.14. The number of nitrogens with one attached hydrogen (secondary N) is 4. The SMILES string of the molecule is O=C(O)CCCNC(=O)NC(CCCCNC(=O)Nc1cccc(-c2cn(CC[18F])nn2)c1)C(=O)O.O=C=O. The van der Waals surface area contributed by atoms with Crippen LogP contribution in [0.2, 0.25) is 0 Å². The van der Waals surface area contributed by atoms with Gasteiger partial charge in [-0.2, -0.15) is 9.59 Å². The number of aliphatic carboxylic acids is 2. The summed E-state index contributed by atoms with van der Waals surface area (Å²) in [5.74, 6) is -2.17. The Balaban J connectivity index is 0.00000242. The Morgan fingerprint density at radius 1 is 1.03 bits per heavy atom. The molecule has 4 amide bonds. The molecule has 2 aromatic rings. The highest BCUT2D eigenvalue weighted by Crippen LogP contribution is 2.20. The van der Waals surface area contributed by atoms with Crippen molar-refractivity contribution in [2.75, 3.05) is 25.1 Å². The molecule has 0 radical (unpaired) electrons. The zero-order valence-electron chi connectivity index (χ0n) is 20.9. The van der Waals surface area contributed by atoms with E-state index in [2.05, 4.69) is 31.6 Å². The lowest BCUT2D eigenvalue weighted by Gasteiger charge is -2.15. The second-order valence-electron chi connectivity index (χ2n) is 7.89. The molecule has 1 aromatic heterocycles. The van der Waals surface area contributed by atoms with Crippen molar-refractivity contribution in [3.63, 3.8) is 0 Å². The van der Waals surface area contributed by atoms with Gasteiger partial charge in [0, 0.05) is 30.8 Å². The van der Waals surface area contributed by atoms with Gasteiger partial charge in [-0.25, -0.2) is 23.5 Å². The molecule has 0 spiro atoms. The molecule has 212 valence electrons. The predicted molar refractivity (Wildman–Crippen MR) is 132 cm³/mol. The number of carboxylic acid groups (broad SMARTS) is 2.